The van der Waals surface area contributed by atoms with Gasteiger partial charge in [0.05, 0.1) is 17.7 Å². The fourth-order valence-corrected chi connectivity index (χ4v) is 1.48. The number of phenols is 1. The van der Waals surface area contributed by atoms with Crippen molar-refractivity contribution in [2.45, 2.75) is 6.04 Å². The number of halogens is 3. The van der Waals surface area contributed by atoms with Gasteiger partial charge in [-0.3, -0.25) is 0 Å². The van der Waals surface area contributed by atoms with E-state index in [9.17, 15) is 5.11 Å². The molecular weight excluding hydrogens is 248 g/mol. The molecule has 80 valence electrons. The normalized spacial score (nSPS) is 12.0. The number of rotatable bonds is 2. The van der Waals surface area contributed by atoms with Crippen LogP contribution in [0.1, 0.15) is 11.6 Å². The second-order valence-corrected chi connectivity index (χ2v) is 3.46. The van der Waals surface area contributed by atoms with Crippen molar-refractivity contribution >= 4 is 35.6 Å². The van der Waals surface area contributed by atoms with Gasteiger partial charge >= 0.3 is 0 Å². The summed E-state index contributed by atoms with van der Waals surface area (Å²) in [6, 6.07) is 2.21. The quantitative estimate of drug-likeness (QED) is 0.761. The molecule has 0 spiro atoms. The first-order valence-corrected chi connectivity index (χ1v) is 4.36. The highest BCUT2D eigenvalue weighted by molar-refractivity contribution is 6.35. The van der Waals surface area contributed by atoms with Crippen molar-refractivity contribution in [3.05, 3.63) is 27.7 Å². The summed E-state index contributed by atoms with van der Waals surface area (Å²) in [6.07, 6.45) is 0. The lowest BCUT2D eigenvalue weighted by molar-refractivity contribution is 0.265. The van der Waals surface area contributed by atoms with E-state index in [1.54, 1.807) is 0 Å². The number of aromatic hydroxyl groups is 1. The number of phenolic OH excluding ortho intramolecular Hbond substituents is 1. The highest BCUT2D eigenvalue weighted by atomic mass is 35.5. The second-order valence-electron chi connectivity index (χ2n) is 2.61. The standard InChI is InChI=1S/C8H9Cl2NO2.ClH/c9-4-1-5(7(11)3-12)8(13)6(10)2-4;/h1-2,7,12-13H,3,11H2;1H/t7-;/m1./s1. The summed E-state index contributed by atoms with van der Waals surface area (Å²) in [5, 5.41) is 18.7. The Morgan fingerprint density at radius 2 is 1.93 bits per heavy atom. The van der Waals surface area contributed by atoms with E-state index in [4.69, 9.17) is 34.0 Å². The van der Waals surface area contributed by atoms with Crippen molar-refractivity contribution in [1.29, 1.82) is 0 Å². The van der Waals surface area contributed by atoms with Gasteiger partial charge in [-0.1, -0.05) is 23.2 Å². The van der Waals surface area contributed by atoms with Gasteiger partial charge < -0.3 is 15.9 Å². The van der Waals surface area contributed by atoms with Crippen molar-refractivity contribution in [2.24, 2.45) is 5.73 Å². The molecule has 0 amide bonds. The summed E-state index contributed by atoms with van der Waals surface area (Å²) in [5.41, 5.74) is 5.85. The van der Waals surface area contributed by atoms with Gasteiger partial charge in [-0.25, -0.2) is 0 Å². The fourth-order valence-electron chi connectivity index (χ4n) is 0.967. The Morgan fingerprint density at radius 3 is 2.43 bits per heavy atom. The Kier molecular flexibility index (Phi) is 5.56. The van der Waals surface area contributed by atoms with E-state index in [2.05, 4.69) is 0 Å². The first-order chi connectivity index (χ1) is 6.06. The smallest absolute Gasteiger partial charge is 0.139 e. The Bertz CT molecular complexity index is 320. The van der Waals surface area contributed by atoms with Crippen LogP contribution in [0.25, 0.3) is 0 Å². The van der Waals surface area contributed by atoms with E-state index < -0.39 is 6.04 Å². The molecule has 0 saturated heterocycles. The van der Waals surface area contributed by atoms with E-state index in [0.29, 0.717) is 10.6 Å². The van der Waals surface area contributed by atoms with Crippen molar-refractivity contribution < 1.29 is 10.2 Å². The summed E-state index contributed by atoms with van der Waals surface area (Å²) >= 11 is 11.3. The molecule has 1 atom stereocenters. The molecule has 0 aliphatic rings. The lowest BCUT2D eigenvalue weighted by Crippen LogP contribution is -2.14. The van der Waals surface area contributed by atoms with Crippen molar-refractivity contribution in [3.8, 4) is 5.75 Å². The van der Waals surface area contributed by atoms with Crippen molar-refractivity contribution in [3.63, 3.8) is 0 Å². The number of nitrogens with two attached hydrogens (primary N) is 1. The van der Waals surface area contributed by atoms with Crippen LogP contribution in [0.15, 0.2) is 12.1 Å². The summed E-state index contributed by atoms with van der Waals surface area (Å²) in [4.78, 5) is 0. The van der Waals surface area contributed by atoms with Gasteiger partial charge in [0.1, 0.15) is 5.75 Å². The molecule has 0 aliphatic heterocycles. The Labute approximate surface area is 97.8 Å². The molecule has 3 nitrogen and oxygen atoms in total. The third-order valence-electron chi connectivity index (χ3n) is 1.65. The molecule has 6 heteroatoms. The SMILES string of the molecule is Cl.N[C@H](CO)c1cc(Cl)cc(Cl)c1O. The molecule has 0 heterocycles. The Hall–Kier alpha value is -0.190. The average molecular weight is 259 g/mol. The minimum absolute atomic E-state index is 0. The lowest BCUT2D eigenvalue weighted by atomic mass is 10.1. The molecule has 0 bridgehead atoms. The van der Waals surface area contributed by atoms with Gasteiger partial charge in [-0.2, -0.15) is 0 Å². The van der Waals surface area contributed by atoms with E-state index in [0.717, 1.165) is 0 Å². The van der Waals surface area contributed by atoms with Gasteiger partial charge in [0.25, 0.3) is 0 Å². The molecule has 1 rings (SSSR count). The van der Waals surface area contributed by atoms with Gasteiger partial charge in [0.2, 0.25) is 0 Å². The first-order valence-electron chi connectivity index (χ1n) is 3.60. The van der Waals surface area contributed by atoms with Crippen LogP contribution in [-0.2, 0) is 0 Å². The third-order valence-corrected chi connectivity index (χ3v) is 2.16. The van der Waals surface area contributed by atoms with Crippen LogP contribution in [-0.4, -0.2) is 16.8 Å². The van der Waals surface area contributed by atoms with Crippen LogP contribution in [0.3, 0.4) is 0 Å². The molecule has 14 heavy (non-hydrogen) atoms. The number of hydrogen-bond acceptors (Lipinski definition) is 3. The number of benzene rings is 1. The number of hydrogen-bond donors (Lipinski definition) is 3. The Morgan fingerprint density at radius 1 is 1.36 bits per heavy atom. The molecule has 1 aromatic rings. The summed E-state index contributed by atoms with van der Waals surface area (Å²) in [5.74, 6) is -0.132. The predicted octanol–water partition coefficient (Wildman–Crippen LogP) is 2.11. The van der Waals surface area contributed by atoms with E-state index in [1.165, 1.54) is 12.1 Å². The molecule has 0 aromatic heterocycles. The maximum atomic E-state index is 9.44. The van der Waals surface area contributed by atoms with Crippen LogP contribution in [0, 0.1) is 0 Å². The maximum Gasteiger partial charge on any atom is 0.139 e. The maximum absolute atomic E-state index is 9.44. The summed E-state index contributed by atoms with van der Waals surface area (Å²) in [6.45, 7) is -0.274. The Balaban J connectivity index is 0.00000169. The van der Waals surface area contributed by atoms with Crippen LogP contribution in [0.4, 0.5) is 0 Å². The zero-order valence-electron chi connectivity index (χ0n) is 7.08. The highest BCUT2D eigenvalue weighted by Crippen LogP contribution is 2.33. The molecule has 4 N–H and O–H groups in total. The molecule has 1 aromatic carbocycles. The van der Waals surface area contributed by atoms with Crippen LogP contribution < -0.4 is 5.73 Å². The van der Waals surface area contributed by atoms with Crippen LogP contribution >= 0.6 is 35.6 Å². The number of aliphatic hydroxyl groups is 1. The lowest BCUT2D eigenvalue weighted by Gasteiger charge is -2.11. The zero-order valence-corrected chi connectivity index (χ0v) is 9.40. The monoisotopic (exact) mass is 257 g/mol. The van der Waals surface area contributed by atoms with E-state index in [-0.39, 0.29) is 29.8 Å². The third kappa shape index (κ3) is 2.90. The van der Waals surface area contributed by atoms with Crippen molar-refractivity contribution in [2.75, 3.05) is 6.61 Å². The number of aliphatic hydroxyl groups excluding tert-OH is 1. The highest BCUT2D eigenvalue weighted by Gasteiger charge is 2.13. The van der Waals surface area contributed by atoms with Crippen molar-refractivity contribution in [1.82, 2.24) is 0 Å². The van der Waals surface area contributed by atoms with E-state index >= 15 is 0 Å². The minimum atomic E-state index is -0.670. The average Bonchev–Trinajstić information content (AvgIpc) is 2.10. The summed E-state index contributed by atoms with van der Waals surface area (Å²) < 4.78 is 0. The summed E-state index contributed by atoms with van der Waals surface area (Å²) in [7, 11) is 0. The molecule has 0 fully saturated rings. The molecule has 0 saturated carbocycles. The molecule has 0 radical (unpaired) electrons. The van der Waals surface area contributed by atoms with E-state index in [1.807, 2.05) is 0 Å². The van der Waals surface area contributed by atoms with Gasteiger partial charge in [-0.05, 0) is 12.1 Å². The molecule has 0 aliphatic carbocycles. The van der Waals surface area contributed by atoms with Crippen LogP contribution in [0.2, 0.25) is 10.0 Å². The fraction of sp³-hybridized carbons (Fsp3) is 0.250. The largest absolute Gasteiger partial charge is 0.506 e. The predicted molar refractivity (Wildman–Crippen MR) is 59.4 cm³/mol. The van der Waals surface area contributed by atoms with Gasteiger partial charge in [-0.15, -0.1) is 12.4 Å². The first kappa shape index (κ1) is 13.8. The van der Waals surface area contributed by atoms with Gasteiger partial charge in [0, 0.05) is 10.6 Å². The minimum Gasteiger partial charge on any atom is -0.506 e. The van der Waals surface area contributed by atoms with Gasteiger partial charge in [0.15, 0.2) is 0 Å². The zero-order chi connectivity index (χ0) is 10.0. The van der Waals surface area contributed by atoms with Crippen LogP contribution in [0.5, 0.6) is 5.75 Å². The second kappa shape index (κ2) is 5.63. The molecular formula is C8H10Cl3NO2. The topological polar surface area (TPSA) is 66.5 Å². The molecule has 0 unspecified atom stereocenters.